The zero-order valence-corrected chi connectivity index (χ0v) is 9.57. The van der Waals surface area contributed by atoms with Crippen molar-refractivity contribution in [3.63, 3.8) is 0 Å². The monoisotopic (exact) mass is 221 g/mol. The van der Waals surface area contributed by atoms with Gasteiger partial charge in [-0.15, -0.1) is 0 Å². The van der Waals surface area contributed by atoms with E-state index < -0.39 is 17.8 Å². The van der Waals surface area contributed by atoms with Gasteiger partial charge in [-0.2, -0.15) is 0 Å². The van der Waals surface area contributed by atoms with Crippen LogP contribution >= 0.6 is 0 Å². The van der Waals surface area contributed by atoms with Crippen LogP contribution in [0.15, 0.2) is 12.1 Å². The fraction of sp³-hybridized carbons (Fsp3) is 0.333. The van der Waals surface area contributed by atoms with Crippen molar-refractivity contribution in [1.82, 2.24) is 0 Å². The molecule has 0 aromatic heterocycles. The maximum atomic E-state index is 11.8. The van der Waals surface area contributed by atoms with Crippen LogP contribution in [0.5, 0.6) is 0 Å². The third-order valence-corrected chi connectivity index (χ3v) is 2.65. The van der Waals surface area contributed by atoms with Crippen molar-refractivity contribution in [2.24, 2.45) is 5.73 Å². The Hall–Kier alpha value is -1.68. The summed E-state index contributed by atoms with van der Waals surface area (Å²) in [7, 11) is 0. The van der Waals surface area contributed by atoms with E-state index in [0.29, 0.717) is 5.56 Å². The quantitative estimate of drug-likeness (QED) is 0.593. The predicted molar refractivity (Wildman–Crippen MR) is 60.6 cm³/mol. The van der Waals surface area contributed by atoms with E-state index in [1.807, 2.05) is 19.9 Å². The molecular formula is C12H15NO3. The molecule has 4 heteroatoms. The third-order valence-electron chi connectivity index (χ3n) is 2.65. The Balaban J connectivity index is 3.19. The van der Waals surface area contributed by atoms with E-state index >= 15 is 0 Å². The number of rotatable bonds is 3. The van der Waals surface area contributed by atoms with Crippen molar-refractivity contribution in [1.29, 1.82) is 0 Å². The summed E-state index contributed by atoms with van der Waals surface area (Å²) >= 11 is 0. The molecule has 0 aliphatic carbocycles. The Morgan fingerprint density at radius 2 is 1.62 bits per heavy atom. The van der Waals surface area contributed by atoms with Crippen LogP contribution in [0.4, 0.5) is 0 Å². The van der Waals surface area contributed by atoms with Gasteiger partial charge in [0.25, 0.3) is 0 Å². The van der Waals surface area contributed by atoms with Crippen molar-refractivity contribution in [2.75, 3.05) is 0 Å². The molecule has 1 rings (SSSR count). The first-order valence-electron chi connectivity index (χ1n) is 4.95. The van der Waals surface area contributed by atoms with Crippen LogP contribution in [0.25, 0.3) is 0 Å². The third kappa shape index (κ3) is 2.28. The molecule has 1 aromatic rings. The minimum absolute atomic E-state index is 0.387. The number of carbonyl (C=O) groups excluding carboxylic acids is 1. The maximum absolute atomic E-state index is 11.8. The van der Waals surface area contributed by atoms with Crippen molar-refractivity contribution < 1.29 is 14.7 Å². The molecule has 1 aromatic carbocycles. The summed E-state index contributed by atoms with van der Waals surface area (Å²) in [6.45, 7) is 5.58. The highest BCUT2D eigenvalue weighted by molar-refractivity contribution is 6.12. The number of carboxylic acids is 1. The molecule has 0 heterocycles. The molecule has 16 heavy (non-hydrogen) atoms. The number of Topliss-reactive ketones (excluding diaryl/α,β-unsaturated/α-hetero) is 1. The van der Waals surface area contributed by atoms with Crippen LogP contribution in [0.3, 0.4) is 0 Å². The molecule has 1 atom stereocenters. The van der Waals surface area contributed by atoms with Crippen LogP contribution in [0.1, 0.15) is 27.0 Å². The van der Waals surface area contributed by atoms with Crippen LogP contribution in [-0.2, 0) is 4.79 Å². The number of carboxylic acid groups (broad SMARTS) is 1. The lowest BCUT2D eigenvalue weighted by Gasteiger charge is -2.11. The molecule has 86 valence electrons. The number of benzene rings is 1. The van der Waals surface area contributed by atoms with E-state index in [4.69, 9.17) is 10.8 Å². The molecule has 3 N–H and O–H groups in total. The number of carbonyl (C=O) groups is 2. The van der Waals surface area contributed by atoms with Crippen LogP contribution in [0, 0.1) is 20.8 Å². The summed E-state index contributed by atoms with van der Waals surface area (Å²) in [4.78, 5) is 22.4. The predicted octanol–water partition coefficient (Wildman–Crippen LogP) is 1.21. The average Bonchev–Trinajstić information content (AvgIpc) is 2.21. The smallest absolute Gasteiger partial charge is 0.328 e. The van der Waals surface area contributed by atoms with E-state index in [0.717, 1.165) is 16.7 Å². The Bertz CT molecular complexity index is 452. The van der Waals surface area contributed by atoms with Gasteiger partial charge in [0, 0.05) is 5.56 Å². The summed E-state index contributed by atoms with van der Waals surface area (Å²) in [6, 6.07) is 2.06. The molecular weight excluding hydrogens is 206 g/mol. The topological polar surface area (TPSA) is 80.4 Å². The maximum Gasteiger partial charge on any atom is 0.328 e. The van der Waals surface area contributed by atoms with E-state index in [-0.39, 0.29) is 0 Å². The Kier molecular flexibility index (Phi) is 3.44. The lowest BCUT2D eigenvalue weighted by molar-refractivity contribution is -0.137. The van der Waals surface area contributed by atoms with Crippen LogP contribution in [0.2, 0.25) is 0 Å². The van der Waals surface area contributed by atoms with E-state index in [1.54, 1.807) is 13.0 Å². The summed E-state index contributed by atoms with van der Waals surface area (Å²) in [6.07, 6.45) is 0. The second-order valence-corrected chi connectivity index (χ2v) is 3.93. The van der Waals surface area contributed by atoms with Gasteiger partial charge in [-0.05, 0) is 43.5 Å². The van der Waals surface area contributed by atoms with Gasteiger partial charge >= 0.3 is 5.97 Å². The molecule has 0 aliphatic rings. The van der Waals surface area contributed by atoms with Crippen molar-refractivity contribution in [3.05, 3.63) is 34.4 Å². The highest BCUT2D eigenvalue weighted by Gasteiger charge is 2.24. The molecule has 0 saturated carbocycles. The second kappa shape index (κ2) is 4.45. The number of aliphatic carboxylic acids is 1. The van der Waals surface area contributed by atoms with E-state index in [9.17, 15) is 9.59 Å². The normalized spacial score (nSPS) is 12.2. The van der Waals surface area contributed by atoms with Gasteiger partial charge in [-0.1, -0.05) is 6.07 Å². The van der Waals surface area contributed by atoms with Gasteiger partial charge in [-0.25, -0.2) is 0 Å². The highest BCUT2D eigenvalue weighted by atomic mass is 16.4. The zero-order chi connectivity index (χ0) is 12.5. The van der Waals surface area contributed by atoms with Crippen LogP contribution in [-0.4, -0.2) is 22.9 Å². The van der Waals surface area contributed by atoms with E-state index in [1.165, 1.54) is 0 Å². The lowest BCUT2D eigenvalue weighted by atomic mass is 9.95. The zero-order valence-electron chi connectivity index (χ0n) is 9.57. The lowest BCUT2D eigenvalue weighted by Crippen LogP contribution is -2.38. The minimum atomic E-state index is -1.49. The summed E-state index contributed by atoms with van der Waals surface area (Å²) in [5.41, 5.74) is 8.46. The minimum Gasteiger partial charge on any atom is -0.480 e. The van der Waals surface area contributed by atoms with E-state index in [2.05, 4.69) is 0 Å². The first-order chi connectivity index (χ1) is 7.34. The molecule has 0 amide bonds. The highest BCUT2D eigenvalue weighted by Crippen LogP contribution is 2.16. The Labute approximate surface area is 94.1 Å². The molecule has 0 fully saturated rings. The van der Waals surface area contributed by atoms with Gasteiger partial charge in [-0.3, -0.25) is 9.59 Å². The molecule has 0 radical (unpaired) electrons. The van der Waals surface area contributed by atoms with Gasteiger partial charge in [0.05, 0.1) is 0 Å². The number of ketones is 1. The van der Waals surface area contributed by atoms with Crippen LogP contribution < -0.4 is 5.73 Å². The Morgan fingerprint density at radius 1 is 1.12 bits per heavy atom. The van der Waals surface area contributed by atoms with Crippen molar-refractivity contribution >= 4 is 11.8 Å². The van der Waals surface area contributed by atoms with Gasteiger partial charge < -0.3 is 10.8 Å². The Morgan fingerprint density at radius 3 is 2.12 bits per heavy atom. The van der Waals surface area contributed by atoms with Gasteiger partial charge in [0.1, 0.15) is 0 Å². The number of nitrogens with two attached hydrogens (primary N) is 1. The largest absolute Gasteiger partial charge is 0.480 e. The fourth-order valence-corrected chi connectivity index (χ4v) is 1.51. The SMILES string of the molecule is Cc1cc(C)c(C(=O)C(N)C(=O)O)cc1C. The molecule has 0 aliphatic heterocycles. The van der Waals surface area contributed by atoms with Crippen molar-refractivity contribution in [2.45, 2.75) is 26.8 Å². The summed E-state index contributed by atoms with van der Waals surface area (Å²) in [5, 5.41) is 8.68. The fourth-order valence-electron chi connectivity index (χ4n) is 1.51. The first kappa shape index (κ1) is 12.4. The number of hydrogen-bond donors (Lipinski definition) is 2. The van der Waals surface area contributed by atoms with Gasteiger partial charge in [0.2, 0.25) is 0 Å². The number of aryl methyl sites for hydroxylation is 3. The standard InChI is InChI=1S/C12H15NO3/c1-6-4-8(3)9(5-7(6)2)11(14)10(13)12(15)16/h4-5,10H,13H2,1-3H3,(H,15,16). The molecule has 0 bridgehead atoms. The number of hydrogen-bond acceptors (Lipinski definition) is 3. The summed E-state index contributed by atoms with van der Waals surface area (Å²) in [5.74, 6) is -1.85. The second-order valence-electron chi connectivity index (χ2n) is 3.93. The molecule has 1 unspecified atom stereocenters. The molecule has 0 spiro atoms. The van der Waals surface area contributed by atoms with Crippen molar-refractivity contribution in [3.8, 4) is 0 Å². The summed E-state index contributed by atoms with van der Waals surface area (Å²) < 4.78 is 0. The van der Waals surface area contributed by atoms with Gasteiger partial charge in [0.15, 0.2) is 11.8 Å². The first-order valence-corrected chi connectivity index (χ1v) is 4.95. The average molecular weight is 221 g/mol. The molecule has 4 nitrogen and oxygen atoms in total. The molecule has 0 saturated heterocycles.